The summed E-state index contributed by atoms with van der Waals surface area (Å²) >= 11 is 0. The van der Waals surface area contributed by atoms with Gasteiger partial charge >= 0.3 is 11.9 Å². The number of H-pyrrole nitrogens is 1. The van der Waals surface area contributed by atoms with Crippen LogP contribution in [-0.2, 0) is 14.3 Å². The van der Waals surface area contributed by atoms with Gasteiger partial charge in [-0.2, -0.15) is 0 Å². The van der Waals surface area contributed by atoms with Crippen molar-refractivity contribution in [3.05, 3.63) is 52.7 Å². The second-order valence-electron chi connectivity index (χ2n) is 5.60. The summed E-state index contributed by atoms with van der Waals surface area (Å²) in [5.74, 6) is -1.01. The number of carbonyl (C=O) groups is 2. The number of hydrogen-bond acceptors (Lipinski definition) is 3. The molecule has 0 unspecified atom stereocenters. The SMILES string of the molecule is CC(=C/C(C)=C1\CC(=O)OC1=O)c1[nH]c2ccccc2c1C. The van der Waals surface area contributed by atoms with E-state index in [2.05, 4.69) is 22.7 Å². The fraction of sp³-hybridized carbons (Fsp3) is 0.222. The highest BCUT2D eigenvalue weighted by molar-refractivity contribution is 6.06. The van der Waals surface area contributed by atoms with E-state index < -0.39 is 11.9 Å². The molecule has 1 aliphatic heterocycles. The highest BCUT2D eigenvalue weighted by atomic mass is 16.6. The lowest BCUT2D eigenvalue weighted by molar-refractivity contribution is -0.151. The lowest BCUT2D eigenvalue weighted by atomic mass is 10.0. The van der Waals surface area contributed by atoms with Crippen LogP contribution in [0.2, 0.25) is 0 Å². The van der Waals surface area contributed by atoms with Crippen LogP contribution in [0.25, 0.3) is 16.5 Å². The Morgan fingerprint density at radius 3 is 2.59 bits per heavy atom. The lowest BCUT2D eigenvalue weighted by Gasteiger charge is -2.03. The van der Waals surface area contributed by atoms with Crippen molar-refractivity contribution in [3.8, 4) is 0 Å². The quantitative estimate of drug-likeness (QED) is 0.522. The largest absolute Gasteiger partial charge is 0.389 e. The van der Waals surface area contributed by atoms with E-state index in [-0.39, 0.29) is 6.42 Å². The van der Waals surface area contributed by atoms with Crippen LogP contribution in [0, 0.1) is 6.92 Å². The first-order chi connectivity index (χ1) is 10.5. The molecule has 0 spiro atoms. The summed E-state index contributed by atoms with van der Waals surface area (Å²) < 4.78 is 4.58. The highest BCUT2D eigenvalue weighted by Gasteiger charge is 2.28. The predicted molar refractivity (Wildman–Crippen MR) is 85.1 cm³/mol. The summed E-state index contributed by atoms with van der Waals surface area (Å²) in [6.07, 6.45) is 1.98. The third-order valence-electron chi connectivity index (χ3n) is 4.04. The van der Waals surface area contributed by atoms with Gasteiger partial charge in [-0.1, -0.05) is 24.3 Å². The van der Waals surface area contributed by atoms with Gasteiger partial charge in [0.15, 0.2) is 0 Å². The topological polar surface area (TPSA) is 59.2 Å². The molecule has 1 aromatic heterocycles. The van der Waals surface area contributed by atoms with E-state index in [0.717, 1.165) is 22.4 Å². The average Bonchev–Trinajstić information content (AvgIpc) is 2.99. The van der Waals surface area contributed by atoms with Crippen LogP contribution in [0.5, 0.6) is 0 Å². The fourth-order valence-electron chi connectivity index (χ4n) is 2.88. The van der Waals surface area contributed by atoms with Crippen molar-refractivity contribution in [2.24, 2.45) is 0 Å². The molecule has 4 nitrogen and oxygen atoms in total. The zero-order valence-corrected chi connectivity index (χ0v) is 12.8. The number of nitrogens with one attached hydrogen (secondary N) is 1. The molecule has 0 aliphatic carbocycles. The molecular formula is C18H17NO3. The minimum Gasteiger partial charge on any atom is -0.389 e. The monoisotopic (exact) mass is 295 g/mol. The molecule has 0 saturated carbocycles. The normalized spacial score (nSPS) is 18.0. The van der Waals surface area contributed by atoms with Gasteiger partial charge in [0.1, 0.15) is 0 Å². The Hall–Kier alpha value is -2.62. The van der Waals surface area contributed by atoms with Crippen LogP contribution in [0.1, 0.15) is 31.5 Å². The first-order valence-corrected chi connectivity index (χ1v) is 7.18. The summed E-state index contributed by atoms with van der Waals surface area (Å²) in [6, 6.07) is 8.13. The van der Waals surface area contributed by atoms with E-state index in [0.29, 0.717) is 5.57 Å². The first-order valence-electron chi connectivity index (χ1n) is 7.18. The third-order valence-corrected chi connectivity index (χ3v) is 4.04. The minimum absolute atomic E-state index is 0.0557. The molecule has 1 saturated heterocycles. The van der Waals surface area contributed by atoms with Gasteiger partial charge in [0, 0.05) is 16.6 Å². The molecule has 2 heterocycles. The Labute approximate surface area is 128 Å². The number of para-hydroxylation sites is 1. The fourth-order valence-corrected chi connectivity index (χ4v) is 2.88. The molecule has 1 fully saturated rings. The smallest absolute Gasteiger partial charge is 0.342 e. The van der Waals surface area contributed by atoms with Crippen LogP contribution >= 0.6 is 0 Å². The summed E-state index contributed by atoms with van der Waals surface area (Å²) in [5.41, 5.74) is 5.53. The molecule has 1 aliphatic rings. The van der Waals surface area contributed by atoms with Crippen molar-refractivity contribution in [3.63, 3.8) is 0 Å². The van der Waals surface area contributed by atoms with E-state index >= 15 is 0 Å². The Bertz CT molecular complexity index is 852. The van der Waals surface area contributed by atoms with Crippen LogP contribution < -0.4 is 0 Å². The minimum atomic E-state index is -0.528. The molecule has 0 radical (unpaired) electrons. The standard InChI is InChI=1S/C18H17NO3/c1-10(14-9-16(20)22-18(14)21)8-11(2)17-12(3)13-6-4-5-7-15(13)19-17/h4-8,19H,9H2,1-3H3/b11-8?,14-10+. The number of ether oxygens (including phenoxy) is 1. The molecule has 22 heavy (non-hydrogen) atoms. The molecule has 2 aromatic rings. The second-order valence-corrected chi connectivity index (χ2v) is 5.60. The van der Waals surface area contributed by atoms with E-state index in [1.54, 1.807) is 0 Å². The number of benzene rings is 1. The molecule has 0 amide bonds. The lowest BCUT2D eigenvalue weighted by Crippen LogP contribution is -1.98. The number of aryl methyl sites for hydroxylation is 1. The summed E-state index contributed by atoms with van der Waals surface area (Å²) in [4.78, 5) is 26.2. The van der Waals surface area contributed by atoms with Crippen molar-refractivity contribution < 1.29 is 14.3 Å². The molecule has 0 bridgehead atoms. The Balaban J connectivity index is 2.04. The van der Waals surface area contributed by atoms with Gasteiger partial charge in [-0.25, -0.2) is 4.79 Å². The van der Waals surface area contributed by atoms with Crippen LogP contribution in [0.15, 0.2) is 41.5 Å². The van der Waals surface area contributed by atoms with Gasteiger partial charge in [-0.05, 0) is 43.5 Å². The van der Waals surface area contributed by atoms with Crippen LogP contribution in [-0.4, -0.2) is 16.9 Å². The number of esters is 2. The van der Waals surface area contributed by atoms with Crippen LogP contribution in [0.4, 0.5) is 0 Å². The summed E-state index contributed by atoms with van der Waals surface area (Å²) in [5, 5.41) is 1.19. The third kappa shape index (κ3) is 2.37. The zero-order chi connectivity index (χ0) is 15.9. The van der Waals surface area contributed by atoms with Gasteiger partial charge < -0.3 is 9.72 Å². The number of carbonyl (C=O) groups excluding carboxylic acids is 2. The van der Waals surface area contributed by atoms with Crippen molar-refractivity contribution in [2.45, 2.75) is 27.2 Å². The van der Waals surface area contributed by atoms with Gasteiger partial charge in [-0.3, -0.25) is 4.79 Å². The number of aromatic nitrogens is 1. The zero-order valence-electron chi connectivity index (χ0n) is 12.8. The molecule has 0 atom stereocenters. The predicted octanol–water partition coefficient (Wildman–Crippen LogP) is 3.67. The summed E-state index contributed by atoms with van der Waals surface area (Å²) in [7, 11) is 0. The number of aromatic amines is 1. The first kappa shape index (κ1) is 14.3. The highest BCUT2D eigenvalue weighted by Crippen LogP contribution is 2.28. The number of rotatable bonds is 2. The second kappa shape index (κ2) is 5.30. The number of hydrogen-bond donors (Lipinski definition) is 1. The van der Waals surface area contributed by atoms with E-state index in [1.807, 2.05) is 38.1 Å². The van der Waals surface area contributed by atoms with E-state index in [9.17, 15) is 9.59 Å². The van der Waals surface area contributed by atoms with Gasteiger partial charge in [-0.15, -0.1) is 0 Å². The maximum Gasteiger partial charge on any atom is 0.342 e. The summed E-state index contributed by atoms with van der Waals surface area (Å²) in [6.45, 7) is 5.89. The van der Waals surface area contributed by atoms with Crippen molar-refractivity contribution in [2.75, 3.05) is 0 Å². The number of allylic oxidation sites excluding steroid dienone is 3. The van der Waals surface area contributed by atoms with Gasteiger partial charge in [0.2, 0.25) is 0 Å². The van der Waals surface area contributed by atoms with E-state index in [4.69, 9.17) is 0 Å². The Kier molecular flexibility index (Phi) is 3.45. The Morgan fingerprint density at radius 2 is 1.95 bits per heavy atom. The maximum atomic E-state index is 11.6. The molecule has 1 aromatic carbocycles. The Morgan fingerprint density at radius 1 is 1.23 bits per heavy atom. The average molecular weight is 295 g/mol. The van der Waals surface area contributed by atoms with Crippen molar-refractivity contribution >= 4 is 28.4 Å². The van der Waals surface area contributed by atoms with Crippen molar-refractivity contribution in [1.29, 1.82) is 0 Å². The van der Waals surface area contributed by atoms with Crippen molar-refractivity contribution in [1.82, 2.24) is 4.98 Å². The van der Waals surface area contributed by atoms with Gasteiger partial charge in [0.25, 0.3) is 0 Å². The molecule has 1 N–H and O–H groups in total. The number of cyclic esters (lactones) is 2. The molecule has 4 heteroatoms. The van der Waals surface area contributed by atoms with Gasteiger partial charge in [0.05, 0.1) is 12.0 Å². The molecule has 112 valence electrons. The molecule has 3 rings (SSSR count). The van der Waals surface area contributed by atoms with E-state index in [1.165, 1.54) is 10.9 Å². The number of fused-ring (bicyclic) bond motifs is 1. The van der Waals surface area contributed by atoms with Crippen LogP contribution in [0.3, 0.4) is 0 Å². The maximum absolute atomic E-state index is 11.6. The molecular weight excluding hydrogens is 278 g/mol.